The molecule has 7 nitrogen and oxygen atoms in total. The number of aryl methyl sites for hydroxylation is 3. The van der Waals surface area contributed by atoms with Gasteiger partial charge in [0.2, 0.25) is 0 Å². The van der Waals surface area contributed by atoms with Crippen molar-refractivity contribution >= 4 is 5.91 Å². The van der Waals surface area contributed by atoms with E-state index in [0.717, 1.165) is 56.1 Å². The fourth-order valence-corrected chi connectivity index (χ4v) is 3.66. The summed E-state index contributed by atoms with van der Waals surface area (Å²) in [5.41, 5.74) is 2.70. The predicted octanol–water partition coefficient (Wildman–Crippen LogP) is 1.97. The van der Waals surface area contributed by atoms with Crippen molar-refractivity contribution in [1.82, 2.24) is 24.2 Å². The second-order valence-electron chi connectivity index (χ2n) is 7.22. The number of amides is 1. The molecule has 26 heavy (non-hydrogen) atoms. The minimum atomic E-state index is 0.0392. The van der Waals surface area contributed by atoms with Crippen molar-refractivity contribution in [2.75, 3.05) is 26.8 Å². The van der Waals surface area contributed by atoms with Gasteiger partial charge in [0.1, 0.15) is 5.82 Å². The van der Waals surface area contributed by atoms with Crippen LogP contribution < -0.4 is 0 Å². The van der Waals surface area contributed by atoms with Crippen molar-refractivity contribution in [1.29, 1.82) is 0 Å². The van der Waals surface area contributed by atoms with E-state index in [0.29, 0.717) is 18.2 Å². The van der Waals surface area contributed by atoms with E-state index >= 15 is 0 Å². The molecule has 0 saturated carbocycles. The highest BCUT2D eigenvalue weighted by Gasteiger charge is 2.27. The van der Waals surface area contributed by atoms with Crippen molar-refractivity contribution in [2.24, 2.45) is 13.0 Å². The number of hydrogen-bond acceptors (Lipinski definition) is 4. The van der Waals surface area contributed by atoms with E-state index in [1.165, 1.54) is 0 Å². The molecular weight excluding hydrogens is 330 g/mol. The van der Waals surface area contributed by atoms with Gasteiger partial charge in [-0.05, 0) is 38.7 Å². The van der Waals surface area contributed by atoms with Crippen molar-refractivity contribution in [3.63, 3.8) is 0 Å². The number of carbonyl (C=O) groups is 1. The maximum Gasteiger partial charge on any atom is 0.274 e. The summed E-state index contributed by atoms with van der Waals surface area (Å²) in [5.74, 6) is 1.56. The maximum atomic E-state index is 12.8. The number of nitrogens with zero attached hydrogens (tertiary/aromatic N) is 5. The highest BCUT2D eigenvalue weighted by atomic mass is 16.5. The number of methoxy groups -OCH3 is 1. The quantitative estimate of drug-likeness (QED) is 0.791. The van der Waals surface area contributed by atoms with Crippen LogP contribution in [0.4, 0.5) is 0 Å². The summed E-state index contributed by atoms with van der Waals surface area (Å²) < 4.78 is 9.20. The van der Waals surface area contributed by atoms with Gasteiger partial charge in [-0.25, -0.2) is 4.98 Å². The van der Waals surface area contributed by atoms with Gasteiger partial charge < -0.3 is 14.2 Å². The first-order valence-electron chi connectivity index (χ1n) is 9.29. The molecule has 0 N–H and O–H groups in total. The predicted molar refractivity (Wildman–Crippen MR) is 99.1 cm³/mol. The molecule has 3 rings (SSSR count). The highest BCUT2D eigenvalue weighted by molar-refractivity contribution is 5.92. The zero-order valence-corrected chi connectivity index (χ0v) is 16.2. The molecule has 7 heteroatoms. The van der Waals surface area contributed by atoms with Gasteiger partial charge in [-0.2, -0.15) is 5.10 Å². The summed E-state index contributed by atoms with van der Waals surface area (Å²) in [7, 11) is 3.59. The Morgan fingerprint density at radius 2 is 2.15 bits per heavy atom. The van der Waals surface area contributed by atoms with Gasteiger partial charge in [-0.15, -0.1) is 0 Å². The van der Waals surface area contributed by atoms with Crippen LogP contribution in [0.1, 0.15) is 40.5 Å². The third-order valence-corrected chi connectivity index (χ3v) is 5.27. The molecule has 2 aromatic rings. The molecule has 1 aliphatic rings. The molecule has 0 bridgehead atoms. The molecule has 1 amide bonds. The van der Waals surface area contributed by atoms with E-state index in [-0.39, 0.29) is 5.91 Å². The van der Waals surface area contributed by atoms with Crippen LogP contribution >= 0.6 is 0 Å². The Bertz CT molecular complexity index is 745. The normalized spacial score (nSPS) is 17.7. The van der Waals surface area contributed by atoms with Crippen LogP contribution in [0.5, 0.6) is 0 Å². The third kappa shape index (κ3) is 3.98. The molecule has 0 spiro atoms. The van der Waals surface area contributed by atoms with Gasteiger partial charge in [0, 0.05) is 57.8 Å². The van der Waals surface area contributed by atoms with E-state index in [4.69, 9.17) is 4.74 Å². The Morgan fingerprint density at radius 3 is 2.85 bits per heavy atom. The molecule has 3 heterocycles. The van der Waals surface area contributed by atoms with Crippen molar-refractivity contribution < 1.29 is 9.53 Å². The molecule has 1 unspecified atom stereocenters. The van der Waals surface area contributed by atoms with Crippen LogP contribution in [-0.2, 0) is 24.8 Å². The molecular formula is C19H29N5O2. The summed E-state index contributed by atoms with van der Waals surface area (Å²) in [5, 5.41) is 4.34. The Morgan fingerprint density at radius 1 is 1.35 bits per heavy atom. The van der Waals surface area contributed by atoms with Gasteiger partial charge in [0.15, 0.2) is 5.69 Å². The summed E-state index contributed by atoms with van der Waals surface area (Å²) >= 11 is 0. The molecule has 0 aromatic carbocycles. The molecule has 142 valence electrons. The van der Waals surface area contributed by atoms with E-state index in [1.807, 2.05) is 31.1 Å². The standard InChI is InChI=1S/C19H29N5O2/c1-14-10-17(21-22(14)3)19(25)23-7-5-6-16(13-23)11-18-20-12-15(2)24(18)8-9-26-4/h10,12,16H,5-9,11,13H2,1-4H3. The van der Waals surface area contributed by atoms with Gasteiger partial charge in [-0.3, -0.25) is 9.48 Å². The topological polar surface area (TPSA) is 65.2 Å². The number of rotatable bonds is 6. The van der Waals surface area contributed by atoms with Crippen LogP contribution in [0.2, 0.25) is 0 Å². The molecule has 1 aliphatic heterocycles. The molecule has 2 aromatic heterocycles. The van der Waals surface area contributed by atoms with Crippen LogP contribution in [-0.4, -0.2) is 56.9 Å². The third-order valence-electron chi connectivity index (χ3n) is 5.27. The number of piperidine rings is 1. The molecule has 0 aliphatic carbocycles. The highest BCUT2D eigenvalue weighted by Crippen LogP contribution is 2.22. The summed E-state index contributed by atoms with van der Waals surface area (Å²) in [6.07, 6.45) is 4.97. The molecule has 0 radical (unpaired) electrons. The van der Waals surface area contributed by atoms with E-state index in [1.54, 1.807) is 11.8 Å². The first-order chi connectivity index (χ1) is 12.5. The van der Waals surface area contributed by atoms with E-state index in [2.05, 4.69) is 21.6 Å². The maximum absolute atomic E-state index is 12.8. The van der Waals surface area contributed by atoms with Crippen molar-refractivity contribution in [3.8, 4) is 0 Å². The van der Waals surface area contributed by atoms with E-state index < -0.39 is 0 Å². The number of aromatic nitrogens is 4. The van der Waals surface area contributed by atoms with Crippen molar-refractivity contribution in [3.05, 3.63) is 35.2 Å². The van der Waals surface area contributed by atoms with Crippen LogP contribution in [0, 0.1) is 19.8 Å². The lowest BCUT2D eigenvalue weighted by atomic mass is 9.94. The minimum Gasteiger partial charge on any atom is -0.383 e. The Labute approximate surface area is 155 Å². The second kappa shape index (κ2) is 8.03. The number of ether oxygens (including phenoxy) is 1. The Balaban J connectivity index is 1.66. The number of imidazole rings is 1. The summed E-state index contributed by atoms with van der Waals surface area (Å²) in [6.45, 7) is 7.11. The summed E-state index contributed by atoms with van der Waals surface area (Å²) in [6, 6.07) is 1.87. The lowest BCUT2D eigenvalue weighted by molar-refractivity contribution is 0.0664. The van der Waals surface area contributed by atoms with Gasteiger partial charge in [-0.1, -0.05) is 0 Å². The number of carbonyl (C=O) groups excluding carboxylic acids is 1. The minimum absolute atomic E-state index is 0.0392. The molecule has 1 saturated heterocycles. The lowest BCUT2D eigenvalue weighted by Gasteiger charge is -2.32. The monoisotopic (exact) mass is 359 g/mol. The molecule has 1 fully saturated rings. The number of hydrogen-bond donors (Lipinski definition) is 0. The first kappa shape index (κ1) is 18.6. The van der Waals surface area contributed by atoms with Crippen LogP contribution in [0.25, 0.3) is 0 Å². The fourth-order valence-electron chi connectivity index (χ4n) is 3.66. The zero-order valence-electron chi connectivity index (χ0n) is 16.2. The zero-order chi connectivity index (χ0) is 18.7. The smallest absolute Gasteiger partial charge is 0.274 e. The lowest BCUT2D eigenvalue weighted by Crippen LogP contribution is -2.41. The molecule has 1 atom stereocenters. The van der Waals surface area contributed by atoms with Crippen LogP contribution in [0.15, 0.2) is 12.3 Å². The number of likely N-dealkylation sites (tertiary alicyclic amines) is 1. The average Bonchev–Trinajstić information content (AvgIpc) is 3.15. The van der Waals surface area contributed by atoms with Crippen LogP contribution in [0.3, 0.4) is 0 Å². The largest absolute Gasteiger partial charge is 0.383 e. The SMILES string of the molecule is COCCn1c(C)cnc1CC1CCCN(C(=O)c2cc(C)n(C)n2)C1. The fraction of sp³-hybridized carbons (Fsp3) is 0.632. The van der Waals surface area contributed by atoms with Gasteiger partial charge in [0.05, 0.1) is 6.61 Å². The Hall–Kier alpha value is -2.15. The average molecular weight is 359 g/mol. The van der Waals surface area contributed by atoms with Crippen molar-refractivity contribution in [2.45, 2.75) is 39.7 Å². The first-order valence-corrected chi connectivity index (χ1v) is 9.29. The van der Waals surface area contributed by atoms with E-state index in [9.17, 15) is 4.79 Å². The van der Waals surface area contributed by atoms with Gasteiger partial charge >= 0.3 is 0 Å². The van der Waals surface area contributed by atoms with Gasteiger partial charge in [0.25, 0.3) is 5.91 Å². The summed E-state index contributed by atoms with van der Waals surface area (Å²) in [4.78, 5) is 19.3. The Kier molecular flexibility index (Phi) is 5.76. The second-order valence-corrected chi connectivity index (χ2v) is 7.22.